The Morgan fingerprint density at radius 2 is 1.16 bits per heavy atom. The molecule has 0 bridgehead atoms. The molecule has 0 saturated carbocycles. The van der Waals surface area contributed by atoms with Crippen molar-refractivity contribution in [2.75, 3.05) is 5.32 Å². The van der Waals surface area contributed by atoms with Crippen molar-refractivity contribution in [1.29, 1.82) is 0 Å². The first-order valence-corrected chi connectivity index (χ1v) is 21.3. The zero-order valence-electron chi connectivity index (χ0n) is 33.1. The predicted molar refractivity (Wildman–Crippen MR) is 249 cm³/mol. The molecule has 0 fully saturated rings. The minimum absolute atomic E-state index is 0.141. The number of fused-ring (bicyclic) bond motifs is 19. The van der Waals surface area contributed by atoms with E-state index in [-0.39, 0.29) is 12.2 Å². The molecule has 11 aromatic rings. The summed E-state index contributed by atoms with van der Waals surface area (Å²) in [5.41, 5.74) is 17.9. The molecule has 2 aromatic heterocycles. The number of furan rings is 1. The number of benzene rings is 9. The van der Waals surface area contributed by atoms with E-state index in [0.29, 0.717) is 0 Å². The van der Waals surface area contributed by atoms with Crippen molar-refractivity contribution in [3.63, 3.8) is 0 Å². The molecule has 3 heterocycles. The third-order valence-corrected chi connectivity index (χ3v) is 13.9. The molecule has 1 aliphatic heterocycles. The molecule has 0 amide bonds. The molecule has 286 valence electrons. The molecule has 2 N–H and O–H groups in total. The first-order chi connectivity index (χ1) is 30.3. The van der Waals surface area contributed by atoms with Crippen LogP contribution in [0.5, 0.6) is 0 Å². The first kappa shape index (κ1) is 33.2. The van der Waals surface area contributed by atoms with E-state index in [4.69, 9.17) is 4.42 Å². The fourth-order valence-corrected chi connectivity index (χ4v) is 11.5. The zero-order valence-corrected chi connectivity index (χ0v) is 33.1. The third-order valence-electron chi connectivity index (χ3n) is 13.9. The van der Waals surface area contributed by atoms with Crippen molar-refractivity contribution in [3.05, 3.63) is 239 Å². The van der Waals surface area contributed by atoms with Gasteiger partial charge in [-0.25, -0.2) is 0 Å². The number of rotatable bonds is 3. The second kappa shape index (κ2) is 12.2. The Balaban J connectivity index is 1.10. The van der Waals surface area contributed by atoms with Gasteiger partial charge < -0.3 is 14.3 Å². The molecule has 0 radical (unpaired) electrons. The molecular formula is C57H37N3O. The van der Waals surface area contributed by atoms with E-state index >= 15 is 0 Å². The van der Waals surface area contributed by atoms with Crippen LogP contribution in [-0.2, 0) is 5.41 Å². The Morgan fingerprint density at radius 1 is 0.492 bits per heavy atom. The highest BCUT2D eigenvalue weighted by atomic mass is 16.3. The van der Waals surface area contributed by atoms with Gasteiger partial charge in [0.05, 0.1) is 28.2 Å². The van der Waals surface area contributed by atoms with Crippen molar-refractivity contribution < 1.29 is 4.42 Å². The smallest absolute Gasteiger partial charge is 0.149 e. The Kier molecular flexibility index (Phi) is 6.64. The monoisotopic (exact) mass is 779 g/mol. The van der Waals surface area contributed by atoms with Crippen LogP contribution in [-0.4, -0.2) is 4.57 Å². The normalized spacial score (nSPS) is 16.7. The van der Waals surface area contributed by atoms with Gasteiger partial charge in [-0.1, -0.05) is 158 Å². The second-order valence-corrected chi connectivity index (χ2v) is 16.8. The average Bonchev–Trinajstić information content (AvgIpc) is 4.05. The highest BCUT2D eigenvalue weighted by Gasteiger charge is 2.53. The Hall–Kier alpha value is -7.66. The van der Waals surface area contributed by atoms with Crippen LogP contribution in [0.4, 0.5) is 5.69 Å². The van der Waals surface area contributed by atoms with E-state index in [2.05, 4.69) is 209 Å². The van der Waals surface area contributed by atoms with Crippen LogP contribution in [0.15, 0.2) is 205 Å². The van der Waals surface area contributed by atoms with Gasteiger partial charge in [-0.3, -0.25) is 5.32 Å². The highest BCUT2D eigenvalue weighted by molar-refractivity contribution is 6.18. The maximum absolute atomic E-state index is 6.62. The molecule has 14 rings (SSSR count). The maximum Gasteiger partial charge on any atom is 0.149 e. The van der Waals surface area contributed by atoms with E-state index in [0.717, 1.165) is 33.7 Å². The van der Waals surface area contributed by atoms with E-state index in [1.165, 1.54) is 82.6 Å². The number of nitrogens with zero attached hydrogens (tertiary/aromatic N) is 1. The van der Waals surface area contributed by atoms with E-state index in [1.54, 1.807) is 0 Å². The minimum Gasteiger partial charge on any atom is -0.457 e. The topological polar surface area (TPSA) is 42.1 Å². The zero-order chi connectivity index (χ0) is 39.8. The lowest BCUT2D eigenvalue weighted by atomic mass is 9.69. The van der Waals surface area contributed by atoms with Crippen LogP contribution in [0.2, 0.25) is 0 Å². The van der Waals surface area contributed by atoms with Gasteiger partial charge in [0.1, 0.15) is 17.5 Å². The Bertz CT molecular complexity index is 3570. The largest absolute Gasteiger partial charge is 0.457 e. The van der Waals surface area contributed by atoms with Gasteiger partial charge in [0, 0.05) is 21.8 Å². The van der Waals surface area contributed by atoms with Crippen molar-refractivity contribution in [3.8, 4) is 27.9 Å². The van der Waals surface area contributed by atoms with Gasteiger partial charge in [0.25, 0.3) is 0 Å². The van der Waals surface area contributed by atoms with Crippen LogP contribution in [0.25, 0.3) is 71.5 Å². The van der Waals surface area contributed by atoms with Crippen molar-refractivity contribution in [1.82, 2.24) is 9.88 Å². The summed E-state index contributed by atoms with van der Waals surface area (Å²) >= 11 is 0. The molecule has 4 nitrogen and oxygen atoms in total. The van der Waals surface area contributed by atoms with Crippen LogP contribution >= 0.6 is 0 Å². The molecule has 0 saturated heterocycles. The summed E-state index contributed by atoms with van der Waals surface area (Å²) in [7, 11) is 0. The fourth-order valence-electron chi connectivity index (χ4n) is 11.5. The lowest BCUT2D eigenvalue weighted by Crippen LogP contribution is -2.36. The summed E-state index contributed by atoms with van der Waals surface area (Å²) in [5, 5.41) is 14.1. The van der Waals surface area contributed by atoms with Crippen LogP contribution in [0.3, 0.4) is 0 Å². The molecule has 9 aromatic carbocycles. The number of anilines is 1. The Morgan fingerprint density at radius 3 is 1.97 bits per heavy atom. The SMILES string of the molecule is c1ccc(C2NC(c3ccc4c(c3)c3c5c(ccc3n4-c3ccccc3)-c3c(ccc4ccccc34)C53c4ccccc4-c4ccccc43)Nc3c2oc2ccccc32)cc1. The van der Waals surface area contributed by atoms with Crippen LogP contribution in [0, 0.1) is 0 Å². The van der Waals surface area contributed by atoms with Crippen LogP contribution < -0.4 is 10.6 Å². The molecule has 3 aliphatic rings. The fraction of sp³-hybridized carbons (Fsp3) is 0.0526. The average molecular weight is 780 g/mol. The summed E-state index contributed by atoms with van der Waals surface area (Å²) in [6, 6.07) is 73.6. The summed E-state index contributed by atoms with van der Waals surface area (Å²) in [6.07, 6.45) is -0.196. The molecule has 61 heavy (non-hydrogen) atoms. The number of hydrogen-bond donors (Lipinski definition) is 2. The number of hydrogen-bond acceptors (Lipinski definition) is 3. The van der Waals surface area contributed by atoms with Crippen molar-refractivity contribution in [2.45, 2.75) is 17.6 Å². The highest BCUT2D eigenvalue weighted by Crippen LogP contribution is 2.65. The van der Waals surface area contributed by atoms with Crippen molar-refractivity contribution >= 4 is 49.2 Å². The van der Waals surface area contributed by atoms with Gasteiger partial charge in [-0.2, -0.15) is 0 Å². The summed E-state index contributed by atoms with van der Waals surface area (Å²) in [6.45, 7) is 0. The van der Waals surface area contributed by atoms with Gasteiger partial charge in [-0.15, -0.1) is 0 Å². The van der Waals surface area contributed by atoms with Gasteiger partial charge in [-0.05, 0) is 109 Å². The van der Waals surface area contributed by atoms with E-state index in [9.17, 15) is 0 Å². The third kappa shape index (κ3) is 4.31. The molecule has 1 spiro atoms. The lowest BCUT2D eigenvalue weighted by Gasteiger charge is -2.33. The number of para-hydroxylation sites is 2. The summed E-state index contributed by atoms with van der Waals surface area (Å²) < 4.78 is 9.09. The quantitative estimate of drug-likeness (QED) is 0.188. The second-order valence-electron chi connectivity index (χ2n) is 16.8. The first-order valence-electron chi connectivity index (χ1n) is 21.3. The number of nitrogens with one attached hydrogen (secondary N) is 2. The molecule has 2 unspecified atom stereocenters. The lowest BCUT2D eigenvalue weighted by molar-refractivity contribution is 0.422. The van der Waals surface area contributed by atoms with E-state index in [1.807, 2.05) is 6.07 Å². The van der Waals surface area contributed by atoms with E-state index < -0.39 is 5.41 Å². The number of aromatic nitrogens is 1. The van der Waals surface area contributed by atoms with Crippen LogP contribution in [0.1, 0.15) is 51.3 Å². The summed E-state index contributed by atoms with van der Waals surface area (Å²) in [4.78, 5) is 0. The van der Waals surface area contributed by atoms with Crippen molar-refractivity contribution in [2.24, 2.45) is 0 Å². The molecule has 2 atom stereocenters. The van der Waals surface area contributed by atoms with Gasteiger partial charge in [0.2, 0.25) is 0 Å². The molecule has 4 heteroatoms. The minimum atomic E-state index is -0.530. The standard InChI is InChI=1S/C57H37N3O/c1-3-16-35(17-4-1)53-55-54(41-23-11-14-26-49(41)61-55)59-56(58-53)36-28-31-47-43(33-36)51-48(60(47)37-18-5-2-6-19-37)32-29-42-50-38-20-8-7-15-34(38)27-30-46(50)57(52(42)51)44-24-12-9-21-39(44)40-22-10-13-25-45(40)57/h1-33,53,56,58-59H. The molecule has 2 aliphatic carbocycles. The Labute approximate surface area is 352 Å². The summed E-state index contributed by atoms with van der Waals surface area (Å²) in [5.74, 6) is 0.911. The maximum atomic E-state index is 6.62. The predicted octanol–water partition coefficient (Wildman–Crippen LogP) is 13.8. The van der Waals surface area contributed by atoms with Gasteiger partial charge >= 0.3 is 0 Å². The molecular weight excluding hydrogens is 743 g/mol. The van der Waals surface area contributed by atoms with Gasteiger partial charge in [0.15, 0.2) is 0 Å².